The van der Waals surface area contributed by atoms with Crippen LogP contribution in [0.25, 0.3) is 0 Å². The lowest BCUT2D eigenvalue weighted by Gasteiger charge is -2.03. The molecule has 6 nitrogen and oxygen atoms in total. The third-order valence-electron chi connectivity index (χ3n) is 1.86. The third kappa shape index (κ3) is 1.13. The first kappa shape index (κ1) is 8.95. The minimum Gasteiger partial charge on any atom is -0.507 e. The average molecular weight is 217 g/mol. The highest BCUT2D eigenvalue weighted by Gasteiger charge is 2.33. The second kappa shape index (κ2) is 2.44. The van der Waals surface area contributed by atoms with Crippen LogP contribution in [0.5, 0.6) is 17.2 Å². The Morgan fingerprint density at radius 1 is 1.36 bits per heavy atom. The Morgan fingerprint density at radius 3 is 2.57 bits per heavy atom. The van der Waals surface area contributed by atoms with Gasteiger partial charge in [-0.3, -0.25) is 0 Å². The molecular weight excluding hydrogens is 210 g/mol. The summed E-state index contributed by atoms with van der Waals surface area (Å²) in [5.74, 6) is -0.259. The number of phenols is 1. The van der Waals surface area contributed by atoms with Crippen molar-refractivity contribution in [3.8, 4) is 17.2 Å². The number of aromatic hydroxyl groups is 1. The molecule has 1 aliphatic rings. The monoisotopic (exact) mass is 217 g/mol. The van der Waals surface area contributed by atoms with E-state index in [-0.39, 0.29) is 28.5 Å². The Bertz CT molecular complexity index is 507. The predicted molar refractivity (Wildman–Crippen MR) is 47.4 cm³/mol. The van der Waals surface area contributed by atoms with Gasteiger partial charge in [0.2, 0.25) is 5.75 Å². The highest BCUT2D eigenvalue weighted by molar-refractivity contribution is 7.82. The van der Waals surface area contributed by atoms with E-state index in [1.54, 1.807) is 0 Å². The van der Waals surface area contributed by atoms with Crippen LogP contribution in [0.1, 0.15) is 5.56 Å². The highest BCUT2D eigenvalue weighted by Crippen LogP contribution is 2.46. The Morgan fingerprint density at radius 2 is 1.93 bits per heavy atom. The van der Waals surface area contributed by atoms with Gasteiger partial charge in [0.25, 0.3) is 0 Å². The first-order valence-corrected chi connectivity index (χ1v) is 5.00. The van der Waals surface area contributed by atoms with E-state index < -0.39 is 10.4 Å². The third-order valence-corrected chi connectivity index (χ3v) is 2.60. The van der Waals surface area contributed by atoms with Crippen LogP contribution < -0.4 is 14.1 Å². The van der Waals surface area contributed by atoms with Crippen molar-refractivity contribution < 1.29 is 21.9 Å². The molecule has 1 heterocycles. The molecule has 2 rings (SSSR count). The van der Waals surface area contributed by atoms with Crippen molar-refractivity contribution in [3.05, 3.63) is 11.6 Å². The summed E-state index contributed by atoms with van der Waals surface area (Å²) >= 11 is 0. The molecule has 0 bridgehead atoms. The van der Waals surface area contributed by atoms with Crippen molar-refractivity contribution >= 4 is 16.1 Å². The van der Waals surface area contributed by atoms with E-state index in [2.05, 4.69) is 8.37 Å². The van der Waals surface area contributed by atoms with Crippen molar-refractivity contribution in [1.29, 1.82) is 0 Å². The number of fused-ring (bicyclic) bond motifs is 1. The zero-order valence-corrected chi connectivity index (χ0v) is 7.96. The number of hydrogen-bond donors (Lipinski definition) is 2. The minimum absolute atomic E-state index is 0.0178. The zero-order valence-electron chi connectivity index (χ0n) is 7.14. The van der Waals surface area contributed by atoms with Crippen molar-refractivity contribution in [1.82, 2.24) is 0 Å². The fourth-order valence-corrected chi connectivity index (χ4v) is 1.96. The van der Waals surface area contributed by atoms with Gasteiger partial charge in [-0.2, -0.15) is 0 Å². The molecule has 1 aromatic rings. The van der Waals surface area contributed by atoms with Crippen LogP contribution in [0.4, 0.5) is 5.69 Å². The van der Waals surface area contributed by atoms with E-state index in [9.17, 15) is 13.5 Å². The first-order valence-electron chi connectivity index (χ1n) is 3.66. The smallest absolute Gasteiger partial charge is 0.501 e. The summed E-state index contributed by atoms with van der Waals surface area (Å²) in [5.41, 5.74) is 5.72. The molecule has 0 saturated heterocycles. The number of anilines is 1. The second-order valence-electron chi connectivity index (χ2n) is 2.84. The first-order chi connectivity index (χ1) is 6.41. The van der Waals surface area contributed by atoms with Crippen LogP contribution in [-0.4, -0.2) is 13.5 Å². The van der Waals surface area contributed by atoms with E-state index in [1.807, 2.05) is 0 Å². The largest absolute Gasteiger partial charge is 0.507 e. The van der Waals surface area contributed by atoms with Gasteiger partial charge in [-0.05, 0) is 6.92 Å². The van der Waals surface area contributed by atoms with Gasteiger partial charge in [0.1, 0.15) is 5.75 Å². The van der Waals surface area contributed by atoms with Gasteiger partial charge in [-0.15, -0.1) is 8.42 Å². The molecule has 0 aliphatic carbocycles. The lowest BCUT2D eigenvalue weighted by molar-refractivity contribution is 0.435. The molecule has 0 atom stereocenters. The van der Waals surface area contributed by atoms with Crippen LogP contribution in [0.15, 0.2) is 6.07 Å². The molecule has 0 amide bonds. The number of phenolic OH excluding ortho intramolecular Hbond substituents is 1. The van der Waals surface area contributed by atoms with E-state index in [1.165, 1.54) is 13.0 Å². The molecule has 0 spiro atoms. The van der Waals surface area contributed by atoms with E-state index >= 15 is 0 Å². The summed E-state index contributed by atoms with van der Waals surface area (Å²) in [6.45, 7) is 1.50. The maximum absolute atomic E-state index is 10.9. The fraction of sp³-hybridized carbons (Fsp3) is 0.143. The summed E-state index contributed by atoms with van der Waals surface area (Å²) in [4.78, 5) is 0. The lowest BCUT2D eigenvalue weighted by Crippen LogP contribution is -2.08. The maximum Gasteiger partial charge on any atom is 0.501 e. The second-order valence-corrected chi connectivity index (χ2v) is 3.99. The molecule has 76 valence electrons. The van der Waals surface area contributed by atoms with Crippen LogP contribution in [-0.2, 0) is 10.4 Å². The molecule has 7 heteroatoms. The van der Waals surface area contributed by atoms with Crippen LogP contribution in [0.2, 0.25) is 0 Å². The molecule has 0 fully saturated rings. The van der Waals surface area contributed by atoms with Gasteiger partial charge in [0.15, 0.2) is 5.75 Å². The van der Waals surface area contributed by atoms with Gasteiger partial charge in [0.05, 0.1) is 5.69 Å². The Hall–Kier alpha value is -1.63. The SMILES string of the molecule is Cc1c(O)cc(N)c2c1OS(=O)(=O)O2. The minimum atomic E-state index is -4.06. The van der Waals surface area contributed by atoms with Crippen molar-refractivity contribution in [2.75, 3.05) is 5.73 Å². The molecule has 1 aromatic carbocycles. The summed E-state index contributed by atoms with van der Waals surface area (Å²) in [6.07, 6.45) is 0. The van der Waals surface area contributed by atoms with E-state index in [0.717, 1.165) is 0 Å². The van der Waals surface area contributed by atoms with E-state index in [4.69, 9.17) is 5.73 Å². The van der Waals surface area contributed by atoms with Gasteiger partial charge >= 0.3 is 10.4 Å². The summed E-state index contributed by atoms with van der Waals surface area (Å²) in [6, 6.07) is 1.21. The van der Waals surface area contributed by atoms with Gasteiger partial charge in [0, 0.05) is 11.6 Å². The maximum atomic E-state index is 10.9. The van der Waals surface area contributed by atoms with Gasteiger partial charge in [-0.25, -0.2) is 0 Å². The quantitative estimate of drug-likeness (QED) is 0.606. The number of hydrogen-bond acceptors (Lipinski definition) is 6. The summed E-state index contributed by atoms with van der Waals surface area (Å²) < 4.78 is 30.8. The van der Waals surface area contributed by atoms with Crippen LogP contribution in [0, 0.1) is 6.92 Å². The van der Waals surface area contributed by atoms with Gasteiger partial charge in [-0.1, -0.05) is 0 Å². The molecule has 0 saturated carbocycles. The number of nitrogen functional groups attached to an aromatic ring is 1. The molecule has 14 heavy (non-hydrogen) atoms. The van der Waals surface area contributed by atoms with Crippen molar-refractivity contribution in [3.63, 3.8) is 0 Å². The predicted octanol–water partition coefficient (Wildman–Crippen LogP) is 0.299. The Balaban J connectivity index is 2.73. The van der Waals surface area contributed by atoms with Crippen molar-refractivity contribution in [2.24, 2.45) is 0 Å². The molecule has 1 aliphatic heterocycles. The topological polar surface area (TPSA) is 98.9 Å². The molecule has 0 radical (unpaired) electrons. The van der Waals surface area contributed by atoms with Crippen LogP contribution in [0.3, 0.4) is 0 Å². The molecule has 3 N–H and O–H groups in total. The lowest BCUT2D eigenvalue weighted by atomic mass is 10.1. The van der Waals surface area contributed by atoms with Crippen molar-refractivity contribution in [2.45, 2.75) is 6.92 Å². The number of rotatable bonds is 0. The Labute approximate surface area is 80.2 Å². The van der Waals surface area contributed by atoms with Gasteiger partial charge < -0.3 is 19.2 Å². The summed E-state index contributed by atoms with van der Waals surface area (Å²) in [5, 5.41) is 9.32. The summed E-state index contributed by atoms with van der Waals surface area (Å²) in [7, 11) is -4.06. The fourth-order valence-electron chi connectivity index (χ4n) is 1.15. The Kier molecular flexibility index (Phi) is 1.56. The molecular formula is C7H7NO5S. The standard InChI is InChI=1S/C7H7NO5S/c1-3-5(9)2-4(8)7-6(3)12-14(10,11)13-7/h2,9H,8H2,1H3. The zero-order chi connectivity index (χ0) is 10.5. The van der Waals surface area contributed by atoms with Crippen LogP contribution >= 0.6 is 0 Å². The van der Waals surface area contributed by atoms with E-state index in [0.29, 0.717) is 0 Å². The highest BCUT2D eigenvalue weighted by atomic mass is 32.3. The normalized spacial score (nSPS) is 16.9. The number of nitrogens with two attached hydrogens (primary N) is 1. The average Bonchev–Trinajstić information content (AvgIpc) is 2.38. The number of benzene rings is 1. The molecule has 0 aromatic heterocycles. The molecule has 0 unspecified atom stereocenters.